The molecule has 0 fully saturated rings. The molecule has 1 rings (SSSR count). The lowest BCUT2D eigenvalue weighted by molar-refractivity contribution is 0.145. The van der Waals surface area contributed by atoms with Crippen molar-refractivity contribution >= 4 is 15.9 Å². The van der Waals surface area contributed by atoms with Gasteiger partial charge in [-0.05, 0) is 27.6 Å². The number of aromatic amines is 1. The number of hydrogen-bond donors (Lipinski definition) is 2. The molecule has 6 heteroatoms. The van der Waals surface area contributed by atoms with Crippen molar-refractivity contribution in [1.82, 2.24) is 4.98 Å². The van der Waals surface area contributed by atoms with Crippen LogP contribution in [0.25, 0.3) is 0 Å². The predicted molar refractivity (Wildman–Crippen MR) is 45.6 cm³/mol. The van der Waals surface area contributed by atoms with Gasteiger partial charge in [-0.25, -0.2) is 8.78 Å². The number of nitrogens with one attached hydrogen (secondary N) is 1. The van der Waals surface area contributed by atoms with Gasteiger partial charge in [0.05, 0.1) is 16.8 Å². The molecule has 3 nitrogen and oxygen atoms in total. The largest absolute Gasteiger partial charge is 0.392 e. The van der Waals surface area contributed by atoms with Crippen LogP contribution >= 0.6 is 15.9 Å². The molecular formula is C7H6BrF2NO2. The Balaban J connectivity index is 3.31. The topological polar surface area (TPSA) is 53.1 Å². The minimum absolute atomic E-state index is 0.0828. The van der Waals surface area contributed by atoms with Crippen LogP contribution in [0.4, 0.5) is 8.78 Å². The van der Waals surface area contributed by atoms with Crippen molar-refractivity contribution in [3.63, 3.8) is 0 Å². The summed E-state index contributed by atoms with van der Waals surface area (Å²) in [5.41, 5.74) is -1.00. The Hall–Kier alpha value is -0.750. The first-order valence-corrected chi connectivity index (χ1v) is 4.16. The summed E-state index contributed by atoms with van der Waals surface area (Å²) in [6, 6.07) is 1.05. The Morgan fingerprint density at radius 2 is 2.23 bits per heavy atom. The van der Waals surface area contributed by atoms with Gasteiger partial charge in [-0.15, -0.1) is 0 Å². The zero-order chi connectivity index (χ0) is 10.0. The first-order chi connectivity index (χ1) is 6.06. The van der Waals surface area contributed by atoms with Gasteiger partial charge in [-0.2, -0.15) is 0 Å². The second-order valence-corrected chi connectivity index (χ2v) is 3.14. The lowest BCUT2D eigenvalue weighted by atomic mass is 10.2. The highest BCUT2D eigenvalue weighted by Crippen LogP contribution is 2.19. The Bertz CT molecular complexity index is 364. The normalized spacial score (nSPS) is 10.8. The van der Waals surface area contributed by atoms with Gasteiger partial charge in [-0.3, -0.25) is 4.79 Å². The zero-order valence-electron chi connectivity index (χ0n) is 6.35. The van der Waals surface area contributed by atoms with Gasteiger partial charge in [0.25, 0.3) is 12.0 Å². The smallest absolute Gasteiger partial charge is 0.278 e. The third kappa shape index (κ3) is 2.13. The highest BCUT2D eigenvalue weighted by atomic mass is 79.9. The number of aliphatic hydroxyl groups excluding tert-OH is 1. The maximum Gasteiger partial charge on any atom is 0.278 e. The summed E-state index contributed by atoms with van der Waals surface area (Å²) >= 11 is 2.87. The summed E-state index contributed by atoms with van der Waals surface area (Å²) in [5, 5.41) is 8.72. The lowest BCUT2D eigenvalue weighted by Crippen LogP contribution is -2.12. The Kier molecular flexibility index (Phi) is 3.16. The molecule has 0 aliphatic rings. The van der Waals surface area contributed by atoms with Crippen molar-refractivity contribution in [2.24, 2.45) is 0 Å². The standard InChI is InChI=1S/C7H6BrF2NO2/c8-5-3(2-12)1-4(6(9)10)11-7(5)13/h1,6,12H,2H2,(H,11,13). The molecular weight excluding hydrogens is 248 g/mol. The van der Waals surface area contributed by atoms with E-state index in [1.165, 1.54) is 0 Å². The number of alkyl halides is 2. The van der Waals surface area contributed by atoms with Gasteiger partial charge in [0.2, 0.25) is 0 Å². The minimum Gasteiger partial charge on any atom is -0.392 e. The fraction of sp³-hybridized carbons (Fsp3) is 0.286. The maximum absolute atomic E-state index is 12.1. The molecule has 0 aliphatic heterocycles. The number of hydrogen-bond acceptors (Lipinski definition) is 2. The molecule has 0 saturated carbocycles. The van der Waals surface area contributed by atoms with Crippen molar-refractivity contribution < 1.29 is 13.9 Å². The average molecular weight is 254 g/mol. The fourth-order valence-electron chi connectivity index (χ4n) is 0.852. The Morgan fingerprint density at radius 1 is 1.62 bits per heavy atom. The molecule has 0 aliphatic carbocycles. The number of halogens is 3. The van der Waals surface area contributed by atoms with Gasteiger partial charge < -0.3 is 10.1 Å². The predicted octanol–water partition coefficient (Wildman–Crippen LogP) is 1.57. The lowest BCUT2D eigenvalue weighted by Gasteiger charge is -2.03. The quantitative estimate of drug-likeness (QED) is 0.841. The van der Waals surface area contributed by atoms with E-state index in [1.54, 1.807) is 0 Å². The Morgan fingerprint density at radius 3 is 2.69 bits per heavy atom. The number of pyridine rings is 1. The molecule has 0 atom stereocenters. The van der Waals surface area contributed by atoms with Crippen LogP contribution in [0.2, 0.25) is 0 Å². The summed E-state index contributed by atoms with van der Waals surface area (Å²) in [4.78, 5) is 13.0. The van der Waals surface area contributed by atoms with Crippen molar-refractivity contribution in [1.29, 1.82) is 0 Å². The van der Waals surface area contributed by atoms with E-state index < -0.39 is 24.3 Å². The first-order valence-electron chi connectivity index (χ1n) is 3.37. The van der Waals surface area contributed by atoms with Crippen LogP contribution in [0.1, 0.15) is 17.7 Å². The third-order valence-corrected chi connectivity index (χ3v) is 2.34. The van der Waals surface area contributed by atoms with Crippen LogP contribution in [0.5, 0.6) is 0 Å². The van der Waals surface area contributed by atoms with E-state index in [2.05, 4.69) is 15.9 Å². The molecule has 0 unspecified atom stereocenters. The van der Waals surface area contributed by atoms with Gasteiger partial charge in [0.15, 0.2) is 0 Å². The molecule has 0 amide bonds. The summed E-state index contributed by atoms with van der Waals surface area (Å²) in [6.45, 7) is -0.454. The Labute approximate surface area is 80.5 Å². The highest BCUT2D eigenvalue weighted by molar-refractivity contribution is 9.10. The highest BCUT2D eigenvalue weighted by Gasteiger charge is 2.12. The van der Waals surface area contributed by atoms with Crippen LogP contribution in [0.15, 0.2) is 15.3 Å². The van der Waals surface area contributed by atoms with E-state index in [4.69, 9.17) is 5.11 Å². The van der Waals surface area contributed by atoms with Crippen molar-refractivity contribution in [2.75, 3.05) is 0 Å². The molecule has 0 bridgehead atoms. The van der Waals surface area contributed by atoms with Crippen molar-refractivity contribution in [3.8, 4) is 0 Å². The molecule has 72 valence electrons. The molecule has 0 spiro atoms. The van der Waals surface area contributed by atoms with Crippen LogP contribution in [0.3, 0.4) is 0 Å². The van der Waals surface area contributed by atoms with E-state index >= 15 is 0 Å². The molecule has 1 aromatic rings. The molecule has 1 aromatic heterocycles. The zero-order valence-corrected chi connectivity index (χ0v) is 7.94. The van der Waals surface area contributed by atoms with Gasteiger partial charge in [0.1, 0.15) is 0 Å². The second-order valence-electron chi connectivity index (χ2n) is 2.35. The first kappa shape index (κ1) is 10.3. The summed E-state index contributed by atoms with van der Waals surface area (Å²) in [6.07, 6.45) is -2.74. The van der Waals surface area contributed by atoms with Crippen LogP contribution in [-0.4, -0.2) is 10.1 Å². The SMILES string of the molecule is O=c1[nH]c(C(F)F)cc(CO)c1Br. The van der Waals surface area contributed by atoms with Gasteiger partial charge >= 0.3 is 0 Å². The average Bonchev–Trinajstić information content (AvgIpc) is 2.09. The second kappa shape index (κ2) is 3.97. The number of aliphatic hydroxyl groups is 1. The molecule has 0 saturated heterocycles. The molecule has 13 heavy (non-hydrogen) atoms. The van der Waals surface area contributed by atoms with Crippen molar-refractivity contribution in [3.05, 3.63) is 32.2 Å². The van der Waals surface area contributed by atoms with Crippen LogP contribution in [0, 0.1) is 0 Å². The van der Waals surface area contributed by atoms with E-state index in [0.717, 1.165) is 6.07 Å². The summed E-state index contributed by atoms with van der Waals surface area (Å²) < 4.78 is 24.3. The van der Waals surface area contributed by atoms with Crippen LogP contribution in [-0.2, 0) is 6.61 Å². The number of rotatable bonds is 2. The molecule has 2 N–H and O–H groups in total. The van der Waals surface area contributed by atoms with Crippen molar-refractivity contribution in [2.45, 2.75) is 13.0 Å². The summed E-state index contributed by atoms with van der Waals surface area (Å²) in [5.74, 6) is 0. The van der Waals surface area contributed by atoms with E-state index in [9.17, 15) is 13.6 Å². The number of aromatic nitrogens is 1. The van der Waals surface area contributed by atoms with E-state index in [-0.39, 0.29) is 10.0 Å². The maximum atomic E-state index is 12.1. The molecule has 1 heterocycles. The fourth-order valence-corrected chi connectivity index (χ4v) is 1.19. The van der Waals surface area contributed by atoms with Gasteiger partial charge in [0, 0.05) is 0 Å². The monoisotopic (exact) mass is 253 g/mol. The number of H-pyrrole nitrogens is 1. The minimum atomic E-state index is -2.74. The molecule has 0 aromatic carbocycles. The summed E-state index contributed by atoms with van der Waals surface area (Å²) in [7, 11) is 0. The van der Waals surface area contributed by atoms with Gasteiger partial charge in [-0.1, -0.05) is 0 Å². The molecule has 0 radical (unpaired) electrons. The van der Waals surface area contributed by atoms with Crippen LogP contribution < -0.4 is 5.56 Å². The third-order valence-electron chi connectivity index (χ3n) is 1.47. The van der Waals surface area contributed by atoms with E-state index in [0.29, 0.717) is 0 Å². The van der Waals surface area contributed by atoms with E-state index in [1.807, 2.05) is 4.98 Å².